The fourth-order valence-electron chi connectivity index (χ4n) is 0.955. The van der Waals surface area contributed by atoms with Crippen LogP contribution in [0.2, 0.25) is 0 Å². The lowest BCUT2D eigenvalue weighted by molar-refractivity contribution is -0.148. The Bertz CT molecular complexity index is 259. The van der Waals surface area contributed by atoms with Crippen LogP contribution in [0.15, 0.2) is 0 Å². The SMILES string of the molecule is CC(C)C(NC(N)=O)C(=O)NOC(C)(C)C. The Morgan fingerprint density at radius 1 is 1.25 bits per heavy atom. The van der Waals surface area contributed by atoms with Crippen molar-refractivity contribution in [2.45, 2.75) is 46.3 Å². The Morgan fingerprint density at radius 3 is 2.06 bits per heavy atom. The Hall–Kier alpha value is -1.30. The summed E-state index contributed by atoms with van der Waals surface area (Å²) >= 11 is 0. The van der Waals surface area contributed by atoms with Gasteiger partial charge in [-0.05, 0) is 26.7 Å². The van der Waals surface area contributed by atoms with Crippen LogP contribution in [0.5, 0.6) is 0 Å². The first-order chi connectivity index (χ1) is 7.13. The smallest absolute Gasteiger partial charge is 0.312 e. The number of primary amides is 1. The zero-order valence-electron chi connectivity index (χ0n) is 10.5. The van der Waals surface area contributed by atoms with Crippen molar-refractivity contribution in [3.05, 3.63) is 0 Å². The van der Waals surface area contributed by atoms with Gasteiger partial charge in [-0.15, -0.1) is 0 Å². The number of amides is 3. The standard InChI is InChI=1S/C10H21N3O3/c1-6(2)7(12-9(11)15)8(14)13-16-10(3,4)5/h6-7H,1-5H3,(H,13,14)(H3,11,12,15). The normalized spacial score (nSPS) is 13.4. The Morgan fingerprint density at radius 2 is 1.75 bits per heavy atom. The minimum Gasteiger partial charge on any atom is -0.352 e. The molecule has 0 saturated heterocycles. The largest absolute Gasteiger partial charge is 0.352 e. The van der Waals surface area contributed by atoms with Gasteiger partial charge in [0.25, 0.3) is 5.91 Å². The molecule has 0 bridgehead atoms. The zero-order valence-corrected chi connectivity index (χ0v) is 10.5. The summed E-state index contributed by atoms with van der Waals surface area (Å²) in [4.78, 5) is 27.5. The summed E-state index contributed by atoms with van der Waals surface area (Å²) in [5.74, 6) is -0.486. The molecule has 0 saturated carbocycles. The number of nitrogens with two attached hydrogens (primary N) is 1. The van der Waals surface area contributed by atoms with Crippen LogP contribution in [0.1, 0.15) is 34.6 Å². The predicted molar refractivity (Wildman–Crippen MR) is 60.3 cm³/mol. The first-order valence-corrected chi connectivity index (χ1v) is 5.17. The fraction of sp³-hybridized carbons (Fsp3) is 0.800. The molecule has 0 fully saturated rings. The predicted octanol–water partition coefficient (Wildman–Crippen LogP) is 0.526. The van der Waals surface area contributed by atoms with Crippen molar-refractivity contribution < 1.29 is 14.4 Å². The second kappa shape index (κ2) is 5.69. The number of carbonyl (C=O) groups is 2. The molecule has 0 aliphatic rings. The van der Waals surface area contributed by atoms with Gasteiger partial charge in [0.1, 0.15) is 6.04 Å². The van der Waals surface area contributed by atoms with E-state index >= 15 is 0 Å². The van der Waals surface area contributed by atoms with Gasteiger partial charge in [-0.1, -0.05) is 13.8 Å². The van der Waals surface area contributed by atoms with Crippen molar-refractivity contribution in [2.75, 3.05) is 0 Å². The molecule has 0 heterocycles. The van der Waals surface area contributed by atoms with E-state index in [-0.39, 0.29) is 5.92 Å². The average molecular weight is 231 g/mol. The molecule has 0 aromatic heterocycles. The van der Waals surface area contributed by atoms with Crippen LogP contribution >= 0.6 is 0 Å². The van der Waals surface area contributed by atoms with E-state index in [0.29, 0.717) is 0 Å². The molecule has 0 aromatic rings. The topological polar surface area (TPSA) is 93.5 Å². The van der Waals surface area contributed by atoms with E-state index in [9.17, 15) is 9.59 Å². The molecule has 0 rings (SSSR count). The van der Waals surface area contributed by atoms with Crippen molar-refractivity contribution in [1.29, 1.82) is 0 Å². The van der Waals surface area contributed by atoms with Crippen LogP contribution in [0.4, 0.5) is 4.79 Å². The van der Waals surface area contributed by atoms with Gasteiger partial charge < -0.3 is 11.1 Å². The van der Waals surface area contributed by atoms with Crippen molar-refractivity contribution in [1.82, 2.24) is 10.8 Å². The van der Waals surface area contributed by atoms with Gasteiger partial charge in [-0.2, -0.15) is 0 Å². The summed E-state index contributed by atoms with van der Waals surface area (Å²) in [7, 11) is 0. The van der Waals surface area contributed by atoms with Crippen molar-refractivity contribution >= 4 is 11.9 Å². The minimum atomic E-state index is -0.732. The maximum Gasteiger partial charge on any atom is 0.312 e. The van der Waals surface area contributed by atoms with Crippen LogP contribution in [-0.4, -0.2) is 23.6 Å². The maximum absolute atomic E-state index is 11.7. The molecule has 4 N–H and O–H groups in total. The summed E-state index contributed by atoms with van der Waals surface area (Å²) in [6.45, 7) is 9.02. The number of nitrogens with one attached hydrogen (secondary N) is 2. The molecule has 0 aliphatic heterocycles. The molecule has 6 nitrogen and oxygen atoms in total. The summed E-state index contributed by atoms with van der Waals surface area (Å²) in [6.07, 6.45) is 0. The summed E-state index contributed by atoms with van der Waals surface area (Å²) < 4.78 is 0. The maximum atomic E-state index is 11.7. The first kappa shape index (κ1) is 14.7. The van der Waals surface area contributed by atoms with E-state index < -0.39 is 23.6 Å². The third-order valence-electron chi connectivity index (χ3n) is 1.70. The average Bonchev–Trinajstić information content (AvgIpc) is 2.08. The lowest BCUT2D eigenvalue weighted by atomic mass is 10.0. The molecule has 0 aliphatic carbocycles. The molecule has 0 radical (unpaired) electrons. The summed E-state index contributed by atoms with van der Waals surface area (Å²) in [5, 5.41) is 2.36. The number of carbonyl (C=O) groups excluding carboxylic acids is 2. The van der Waals surface area contributed by atoms with Crippen molar-refractivity contribution in [3.63, 3.8) is 0 Å². The Balaban J connectivity index is 4.34. The number of hydrogen-bond acceptors (Lipinski definition) is 3. The van der Waals surface area contributed by atoms with Gasteiger partial charge in [0.15, 0.2) is 0 Å². The highest BCUT2D eigenvalue weighted by Gasteiger charge is 2.24. The minimum absolute atomic E-state index is 0.0731. The van der Waals surface area contributed by atoms with Crippen LogP contribution in [0.25, 0.3) is 0 Å². The number of hydroxylamine groups is 1. The molecule has 1 unspecified atom stereocenters. The molecular formula is C10H21N3O3. The highest BCUT2D eigenvalue weighted by atomic mass is 16.7. The Kier molecular flexibility index (Phi) is 5.23. The molecule has 16 heavy (non-hydrogen) atoms. The van der Waals surface area contributed by atoms with Crippen LogP contribution < -0.4 is 16.5 Å². The molecule has 0 aromatic carbocycles. The number of urea groups is 1. The van der Waals surface area contributed by atoms with Gasteiger partial charge in [0.2, 0.25) is 0 Å². The number of rotatable bonds is 4. The van der Waals surface area contributed by atoms with Gasteiger partial charge in [-0.25, -0.2) is 10.3 Å². The van der Waals surface area contributed by atoms with Gasteiger partial charge in [0, 0.05) is 0 Å². The monoisotopic (exact) mass is 231 g/mol. The lowest BCUT2D eigenvalue weighted by Gasteiger charge is -2.24. The second-order valence-corrected chi connectivity index (χ2v) is 4.91. The van der Waals surface area contributed by atoms with Gasteiger partial charge >= 0.3 is 6.03 Å². The van der Waals surface area contributed by atoms with Gasteiger partial charge in [-0.3, -0.25) is 9.63 Å². The summed E-state index contributed by atoms with van der Waals surface area (Å²) in [5.41, 5.74) is 6.80. The van der Waals surface area contributed by atoms with Crippen LogP contribution in [0.3, 0.4) is 0 Å². The second-order valence-electron chi connectivity index (χ2n) is 4.91. The molecule has 1 atom stereocenters. The zero-order chi connectivity index (χ0) is 12.9. The molecule has 0 spiro atoms. The van der Waals surface area contributed by atoms with Crippen LogP contribution in [-0.2, 0) is 9.63 Å². The third-order valence-corrected chi connectivity index (χ3v) is 1.70. The van der Waals surface area contributed by atoms with E-state index in [1.807, 2.05) is 0 Å². The Labute approximate surface area is 95.9 Å². The van der Waals surface area contributed by atoms with E-state index in [1.165, 1.54) is 0 Å². The van der Waals surface area contributed by atoms with E-state index in [4.69, 9.17) is 10.6 Å². The van der Waals surface area contributed by atoms with Crippen LogP contribution in [0, 0.1) is 5.92 Å². The van der Waals surface area contributed by atoms with E-state index in [2.05, 4.69) is 10.8 Å². The van der Waals surface area contributed by atoms with Crippen molar-refractivity contribution in [2.24, 2.45) is 11.7 Å². The first-order valence-electron chi connectivity index (χ1n) is 5.17. The lowest BCUT2D eigenvalue weighted by Crippen LogP contribution is -2.52. The third kappa shape index (κ3) is 6.23. The highest BCUT2D eigenvalue weighted by Crippen LogP contribution is 2.06. The highest BCUT2D eigenvalue weighted by molar-refractivity contribution is 5.86. The van der Waals surface area contributed by atoms with E-state index in [1.54, 1.807) is 34.6 Å². The van der Waals surface area contributed by atoms with Gasteiger partial charge in [0.05, 0.1) is 5.60 Å². The number of hydrogen-bond donors (Lipinski definition) is 3. The fourth-order valence-corrected chi connectivity index (χ4v) is 0.955. The quantitative estimate of drug-likeness (QED) is 0.616. The molecule has 6 heteroatoms. The molecular weight excluding hydrogens is 210 g/mol. The molecule has 3 amide bonds. The summed E-state index contributed by atoms with van der Waals surface area (Å²) in [6, 6.07) is -1.43. The molecule has 94 valence electrons. The van der Waals surface area contributed by atoms with Crippen molar-refractivity contribution in [3.8, 4) is 0 Å². The van der Waals surface area contributed by atoms with E-state index in [0.717, 1.165) is 0 Å².